The van der Waals surface area contributed by atoms with Crippen LogP contribution in [0.4, 0.5) is 4.39 Å². The van der Waals surface area contributed by atoms with Gasteiger partial charge in [0.2, 0.25) is 0 Å². The Morgan fingerprint density at radius 2 is 2.40 bits per heavy atom. The molecule has 0 bridgehead atoms. The van der Waals surface area contributed by atoms with Gasteiger partial charge in [0.25, 0.3) is 0 Å². The van der Waals surface area contributed by atoms with Gasteiger partial charge in [0.15, 0.2) is 0 Å². The van der Waals surface area contributed by atoms with Crippen LogP contribution < -0.4 is 0 Å². The van der Waals surface area contributed by atoms with Crippen molar-refractivity contribution in [1.82, 2.24) is 0 Å². The van der Waals surface area contributed by atoms with Crippen LogP contribution >= 0.6 is 23.4 Å². The van der Waals surface area contributed by atoms with Gasteiger partial charge in [-0.1, -0.05) is 17.2 Å². The number of rotatable bonds is 5. The summed E-state index contributed by atoms with van der Waals surface area (Å²) in [6, 6.07) is 0. The minimum atomic E-state index is -0.212. The van der Waals surface area contributed by atoms with Crippen molar-refractivity contribution in [3.05, 3.63) is 11.1 Å². The molecule has 3 heteroatoms. The summed E-state index contributed by atoms with van der Waals surface area (Å²) in [6.45, 7) is 1.76. The third-order valence-corrected chi connectivity index (χ3v) is 2.55. The molecule has 0 radical (unpaired) electrons. The first-order valence-electron chi connectivity index (χ1n) is 3.21. The minimum absolute atomic E-state index is 0.212. The fourth-order valence-corrected chi connectivity index (χ4v) is 1.45. The summed E-state index contributed by atoms with van der Waals surface area (Å²) in [6.07, 6.45) is 0.653. The molecule has 0 aromatic rings. The van der Waals surface area contributed by atoms with Crippen molar-refractivity contribution < 1.29 is 4.39 Å². The zero-order valence-corrected chi connectivity index (χ0v) is 7.64. The summed E-state index contributed by atoms with van der Waals surface area (Å²) in [5.74, 6) is 1.81. The predicted molar refractivity (Wildman–Crippen MR) is 47.5 cm³/mol. The van der Waals surface area contributed by atoms with Crippen molar-refractivity contribution in [3.63, 3.8) is 0 Å². The van der Waals surface area contributed by atoms with Crippen molar-refractivity contribution in [2.75, 3.05) is 18.2 Å². The van der Waals surface area contributed by atoms with Crippen LogP contribution in [0, 0.1) is 0 Å². The molecule has 60 valence electrons. The van der Waals surface area contributed by atoms with E-state index in [2.05, 4.69) is 0 Å². The van der Waals surface area contributed by atoms with Crippen molar-refractivity contribution in [2.24, 2.45) is 0 Å². The highest BCUT2D eigenvalue weighted by Crippen LogP contribution is 2.09. The molecule has 0 N–H and O–H groups in total. The second kappa shape index (κ2) is 7.42. The van der Waals surface area contributed by atoms with Crippen LogP contribution in [0.15, 0.2) is 11.1 Å². The van der Waals surface area contributed by atoms with Gasteiger partial charge in [-0.15, -0.1) is 0 Å². The summed E-state index contributed by atoms with van der Waals surface area (Å²) in [7, 11) is 0. The van der Waals surface area contributed by atoms with Gasteiger partial charge in [0.05, 0.1) is 6.67 Å². The highest BCUT2D eigenvalue weighted by molar-refractivity contribution is 7.99. The Morgan fingerprint density at radius 3 is 2.90 bits per heavy atom. The van der Waals surface area contributed by atoms with Crippen LogP contribution in [0.1, 0.15) is 13.3 Å². The zero-order valence-electron chi connectivity index (χ0n) is 6.07. The van der Waals surface area contributed by atoms with Crippen LogP contribution in [-0.2, 0) is 0 Å². The van der Waals surface area contributed by atoms with E-state index in [1.54, 1.807) is 17.3 Å². The first-order chi connectivity index (χ1) is 4.81. The van der Waals surface area contributed by atoms with Gasteiger partial charge in [-0.3, -0.25) is 4.39 Å². The molecule has 0 aliphatic heterocycles. The van der Waals surface area contributed by atoms with E-state index >= 15 is 0 Å². The van der Waals surface area contributed by atoms with Gasteiger partial charge in [0, 0.05) is 11.3 Å². The molecule has 0 atom stereocenters. The van der Waals surface area contributed by atoms with Crippen molar-refractivity contribution in [2.45, 2.75) is 13.3 Å². The fraction of sp³-hybridized carbons (Fsp3) is 0.714. The van der Waals surface area contributed by atoms with Crippen LogP contribution in [0.2, 0.25) is 0 Å². The molecule has 0 unspecified atom stereocenters. The Hall–Kier alpha value is 0.310. The van der Waals surface area contributed by atoms with Crippen molar-refractivity contribution in [1.29, 1.82) is 0 Å². The SMILES string of the molecule is C/C(=C\Cl)CSCCCF. The lowest BCUT2D eigenvalue weighted by molar-refractivity contribution is 0.489. The number of hydrogen-bond donors (Lipinski definition) is 0. The van der Waals surface area contributed by atoms with E-state index in [9.17, 15) is 4.39 Å². The highest BCUT2D eigenvalue weighted by atomic mass is 35.5. The van der Waals surface area contributed by atoms with E-state index in [0.29, 0.717) is 6.42 Å². The summed E-state index contributed by atoms with van der Waals surface area (Å²) in [5, 5.41) is 0. The number of alkyl halides is 1. The van der Waals surface area contributed by atoms with E-state index in [1.807, 2.05) is 6.92 Å². The van der Waals surface area contributed by atoms with E-state index in [-0.39, 0.29) is 6.67 Å². The van der Waals surface area contributed by atoms with Crippen molar-refractivity contribution >= 4 is 23.4 Å². The fourth-order valence-electron chi connectivity index (χ4n) is 0.421. The van der Waals surface area contributed by atoms with Crippen LogP contribution in [0.3, 0.4) is 0 Å². The smallest absolute Gasteiger partial charge is 0.0902 e. The lowest BCUT2D eigenvalue weighted by Gasteiger charge is -1.97. The van der Waals surface area contributed by atoms with Gasteiger partial charge in [-0.05, 0) is 19.1 Å². The molecule has 0 saturated carbocycles. The molecule has 10 heavy (non-hydrogen) atoms. The molecule has 0 amide bonds. The molecule has 0 nitrogen and oxygen atoms in total. The number of thioether (sulfide) groups is 1. The average Bonchev–Trinajstić information content (AvgIpc) is 1.98. The topological polar surface area (TPSA) is 0 Å². The third kappa shape index (κ3) is 6.43. The van der Waals surface area contributed by atoms with Crippen LogP contribution in [0.5, 0.6) is 0 Å². The molecule has 0 saturated heterocycles. The third-order valence-electron chi connectivity index (χ3n) is 0.938. The molecular formula is C7H12ClFS. The Bertz CT molecular complexity index is 104. The second-order valence-electron chi connectivity index (χ2n) is 2.05. The molecule has 0 spiro atoms. The van der Waals surface area contributed by atoms with Crippen LogP contribution in [-0.4, -0.2) is 18.2 Å². The summed E-state index contributed by atoms with van der Waals surface area (Å²) >= 11 is 7.13. The molecule has 0 fully saturated rings. The first kappa shape index (κ1) is 10.3. The normalized spacial score (nSPS) is 12.1. The Morgan fingerprint density at radius 1 is 1.70 bits per heavy atom. The van der Waals surface area contributed by atoms with E-state index in [0.717, 1.165) is 17.1 Å². The van der Waals surface area contributed by atoms with Gasteiger partial charge in [-0.25, -0.2) is 0 Å². The molecular weight excluding hydrogens is 171 g/mol. The Labute approximate surface area is 70.8 Å². The largest absolute Gasteiger partial charge is 0.251 e. The van der Waals surface area contributed by atoms with Gasteiger partial charge >= 0.3 is 0 Å². The maximum Gasteiger partial charge on any atom is 0.0902 e. The molecule has 0 rings (SSSR count). The lowest BCUT2D eigenvalue weighted by atomic mass is 10.4. The van der Waals surface area contributed by atoms with Gasteiger partial charge < -0.3 is 0 Å². The van der Waals surface area contributed by atoms with Crippen molar-refractivity contribution in [3.8, 4) is 0 Å². The summed E-state index contributed by atoms with van der Waals surface area (Å²) in [5.41, 5.74) is 2.72. The van der Waals surface area contributed by atoms with Gasteiger partial charge in [0.1, 0.15) is 0 Å². The monoisotopic (exact) mass is 182 g/mol. The maximum atomic E-state index is 11.5. The van der Waals surface area contributed by atoms with E-state index in [1.165, 1.54) is 0 Å². The highest BCUT2D eigenvalue weighted by Gasteiger charge is 1.89. The van der Waals surface area contributed by atoms with E-state index in [4.69, 9.17) is 11.6 Å². The van der Waals surface area contributed by atoms with Crippen LogP contribution in [0.25, 0.3) is 0 Å². The Kier molecular flexibility index (Phi) is 7.65. The standard InChI is InChI=1S/C7H12ClFS/c1-7(5-8)6-10-4-2-3-9/h5H,2-4,6H2,1H3/b7-5+. The summed E-state index contributed by atoms with van der Waals surface area (Å²) < 4.78 is 11.5. The molecule has 0 aromatic heterocycles. The second-order valence-corrected chi connectivity index (χ2v) is 3.37. The predicted octanol–water partition coefficient (Wildman–Crippen LogP) is 3.22. The maximum absolute atomic E-state index is 11.5. The molecule has 0 aliphatic carbocycles. The quantitative estimate of drug-likeness (QED) is 0.589. The average molecular weight is 183 g/mol. The lowest BCUT2D eigenvalue weighted by Crippen LogP contribution is -1.85. The van der Waals surface area contributed by atoms with Gasteiger partial charge in [-0.2, -0.15) is 11.8 Å². The molecule has 0 heterocycles. The number of hydrogen-bond acceptors (Lipinski definition) is 1. The summed E-state index contributed by atoms with van der Waals surface area (Å²) in [4.78, 5) is 0. The first-order valence-corrected chi connectivity index (χ1v) is 4.80. The number of halogens is 2. The Balaban J connectivity index is 3.04. The molecule has 0 aromatic carbocycles. The minimum Gasteiger partial charge on any atom is -0.251 e. The van der Waals surface area contributed by atoms with E-state index < -0.39 is 0 Å². The molecule has 0 aliphatic rings. The zero-order chi connectivity index (χ0) is 7.82.